The molecule has 6 nitrogen and oxygen atoms in total. The van der Waals surface area contributed by atoms with Crippen molar-refractivity contribution in [3.8, 4) is 5.75 Å². The van der Waals surface area contributed by atoms with Crippen molar-refractivity contribution in [2.45, 2.75) is 6.54 Å². The van der Waals surface area contributed by atoms with E-state index in [0.717, 1.165) is 11.3 Å². The maximum absolute atomic E-state index is 12.3. The van der Waals surface area contributed by atoms with Crippen molar-refractivity contribution in [2.24, 2.45) is 7.05 Å². The van der Waals surface area contributed by atoms with Crippen molar-refractivity contribution in [1.82, 2.24) is 14.7 Å². The molecule has 2 N–H and O–H groups in total. The Bertz CT molecular complexity index is 621. The Morgan fingerprint density at radius 2 is 2.25 bits per heavy atom. The van der Waals surface area contributed by atoms with Crippen molar-refractivity contribution < 1.29 is 9.53 Å². The SMILES string of the molecule is COc1cccc(CN(C)C(=O)c2cnn(C)c2N)c1. The van der Waals surface area contributed by atoms with Crippen LogP contribution in [0.4, 0.5) is 5.82 Å². The van der Waals surface area contributed by atoms with E-state index in [-0.39, 0.29) is 5.91 Å². The van der Waals surface area contributed by atoms with Gasteiger partial charge < -0.3 is 15.4 Å². The first kappa shape index (κ1) is 13.9. The summed E-state index contributed by atoms with van der Waals surface area (Å²) in [4.78, 5) is 13.9. The third-order valence-corrected chi connectivity index (χ3v) is 3.12. The van der Waals surface area contributed by atoms with E-state index in [2.05, 4.69) is 5.10 Å². The Morgan fingerprint density at radius 3 is 2.85 bits per heavy atom. The van der Waals surface area contributed by atoms with Gasteiger partial charge in [-0.2, -0.15) is 5.10 Å². The zero-order valence-electron chi connectivity index (χ0n) is 11.8. The standard InChI is InChI=1S/C14H18N4O2/c1-17(9-10-5-4-6-11(7-10)20-3)14(19)12-8-16-18(2)13(12)15/h4-8H,9,15H2,1-3H3. The zero-order chi connectivity index (χ0) is 14.7. The van der Waals surface area contributed by atoms with Gasteiger partial charge in [0.15, 0.2) is 0 Å². The molecule has 2 aromatic rings. The fourth-order valence-electron chi connectivity index (χ4n) is 1.93. The van der Waals surface area contributed by atoms with E-state index in [1.54, 1.807) is 26.1 Å². The van der Waals surface area contributed by atoms with Gasteiger partial charge in [0, 0.05) is 20.6 Å². The molecule has 1 heterocycles. The summed E-state index contributed by atoms with van der Waals surface area (Å²) in [5.41, 5.74) is 7.22. The fraction of sp³-hybridized carbons (Fsp3) is 0.286. The lowest BCUT2D eigenvalue weighted by molar-refractivity contribution is 0.0786. The van der Waals surface area contributed by atoms with Crippen LogP contribution in [0, 0.1) is 0 Å². The van der Waals surface area contributed by atoms with E-state index in [1.165, 1.54) is 10.9 Å². The molecule has 0 radical (unpaired) electrons. The Kier molecular flexibility index (Phi) is 3.93. The topological polar surface area (TPSA) is 73.4 Å². The number of ether oxygens (including phenoxy) is 1. The van der Waals surface area contributed by atoms with E-state index in [4.69, 9.17) is 10.5 Å². The molecule has 0 saturated carbocycles. The first-order chi connectivity index (χ1) is 9.52. The number of rotatable bonds is 4. The van der Waals surface area contributed by atoms with Crippen LogP contribution in [0.25, 0.3) is 0 Å². The average molecular weight is 274 g/mol. The Balaban J connectivity index is 2.13. The minimum atomic E-state index is -0.154. The number of methoxy groups -OCH3 is 1. The van der Waals surface area contributed by atoms with Crippen molar-refractivity contribution >= 4 is 11.7 Å². The van der Waals surface area contributed by atoms with E-state index in [1.807, 2.05) is 24.3 Å². The van der Waals surface area contributed by atoms with E-state index in [0.29, 0.717) is 17.9 Å². The second-order valence-corrected chi connectivity index (χ2v) is 4.58. The number of nitrogens with zero attached hydrogens (tertiary/aromatic N) is 3. The van der Waals surface area contributed by atoms with Crippen LogP contribution >= 0.6 is 0 Å². The Morgan fingerprint density at radius 1 is 1.50 bits per heavy atom. The summed E-state index contributed by atoms with van der Waals surface area (Å²) < 4.78 is 6.65. The van der Waals surface area contributed by atoms with E-state index < -0.39 is 0 Å². The highest BCUT2D eigenvalue weighted by Gasteiger charge is 2.18. The molecule has 0 atom stereocenters. The largest absolute Gasteiger partial charge is 0.497 e. The minimum absolute atomic E-state index is 0.154. The summed E-state index contributed by atoms with van der Waals surface area (Å²) in [5.74, 6) is 0.982. The molecule has 20 heavy (non-hydrogen) atoms. The predicted octanol–water partition coefficient (Wildman–Crippen LogP) is 1.28. The van der Waals surface area contributed by atoms with Gasteiger partial charge in [-0.1, -0.05) is 12.1 Å². The second-order valence-electron chi connectivity index (χ2n) is 4.58. The summed E-state index contributed by atoms with van der Waals surface area (Å²) in [5, 5.41) is 3.98. The Hall–Kier alpha value is -2.50. The highest BCUT2D eigenvalue weighted by molar-refractivity contribution is 5.98. The molecule has 1 aromatic carbocycles. The number of nitrogens with two attached hydrogens (primary N) is 1. The van der Waals surface area contributed by atoms with Gasteiger partial charge in [-0.05, 0) is 17.7 Å². The monoisotopic (exact) mass is 274 g/mol. The van der Waals surface area contributed by atoms with Crippen molar-refractivity contribution in [2.75, 3.05) is 19.9 Å². The van der Waals surface area contributed by atoms with E-state index >= 15 is 0 Å². The van der Waals surface area contributed by atoms with E-state index in [9.17, 15) is 4.79 Å². The lowest BCUT2D eigenvalue weighted by Gasteiger charge is -2.17. The lowest BCUT2D eigenvalue weighted by atomic mass is 10.2. The van der Waals surface area contributed by atoms with Crippen molar-refractivity contribution in [3.63, 3.8) is 0 Å². The molecule has 0 aliphatic carbocycles. The first-order valence-electron chi connectivity index (χ1n) is 6.18. The molecule has 106 valence electrons. The summed E-state index contributed by atoms with van der Waals surface area (Å²) in [6.45, 7) is 0.477. The predicted molar refractivity (Wildman–Crippen MR) is 76.4 cm³/mol. The number of anilines is 1. The van der Waals surface area contributed by atoms with Crippen LogP contribution in [0.15, 0.2) is 30.5 Å². The lowest BCUT2D eigenvalue weighted by Crippen LogP contribution is -2.26. The number of aromatic nitrogens is 2. The quantitative estimate of drug-likeness (QED) is 0.911. The van der Waals surface area contributed by atoms with Gasteiger partial charge >= 0.3 is 0 Å². The Labute approximate surface area is 117 Å². The molecule has 0 aliphatic heterocycles. The van der Waals surface area contributed by atoms with Gasteiger partial charge in [-0.15, -0.1) is 0 Å². The van der Waals surface area contributed by atoms with Crippen LogP contribution in [-0.4, -0.2) is 34.7 Å². The molecule has 1 amide bonds. The number of amides is 1. The van der Waals surface area contributed by atoms with Crippen LogP contribution in [-0.2, 0) is 13.6 Å². The van der Waals surface area contributed by atoms with Gasteiger partial charge in [0.1, 0.15) is 17.1 Å². The third-order valence-electron chi connectivity index (χ3n) is 3.12. The number of carbonyl (C=O) groups is 1. The summed E-state index contributed by atoms with van der Waals surface area (Å²) in [6.07, 6.45) is 1.49. The number of benzene rings is 1. The highest BCUT2D eigenvalue weighted by atomic mass is 16.5. The maximum atomic E-state index is 12.3. The zero-order valence-corrected chi connectivity index (χ0v) is 11.8. The fourth-order valence-corrected chi connectivity index (χ4v) is 1.93. The van der Waals surface area contributed by atoms with Gasteiger partial charge in [0.05, 0.1) is 13.3 Å². The van der Waals surface area contributed by atoms with Gasteiger partial charge in [0.25, 0.3) is 5.91 Å². The molecular weight excluding hydrogens is 256 g/mol. The molecular formula is C14H18N4O2. The average Bonchev–Trinajstić information content (AvgIpc) is 2.78. The van der Waals surface area contributed by atoms with Crippen LogP contribution < -0.4 is 10.5 Å². The molecule has 2 rings (SSSR count). The van der Waals surface area contributed by atoms with Crippen LogP contribution in [0.2, 0.25) is 0 Å². The summed E-state index contributed by atoms with van der Waals surface area (Å²) in [7, 11) is 5.05. The number of hydrogen-bond acceptors (Lipinski definition) is 4. The van der Waals surface area contributed by atoms with Crippen molar-refractivity contribution in [1.29, 1.82) is 0 Å². The third kappa shape index (κ3) is 2.74. The second kappa shape index (κ2) is 5.64. The molecule has 0 spiro atoms. The van der Waals surface area contributed by atoms with Crippen LogP contribution in [0.1, 0.15) is 15.9 Å². The maximum Gasteiger partial charge on any atom is 0.259 e. The molecule has 0 bridgehead atoms. The van der Waals surface area contributed by atoms with Crippen molar-refractivity contribution in [3.05, 3.63) is 41.6 Å². The molecule has 6 heteroatoms. The molecule has 0 saturated heterocycles. The minimum Gasteiger partial charge on any atom is -0.497 e. The molecule has 0 unspecified atom stereocenters. The van der Waals surface area contributed by atoms with Crippen LogP contribution in [0.3, 0.4) is 0 Å². The number of nitrogen functional groups attached to an aromatic ring is 1. The number of aryl methyl sites for hydroxylation is 1. The molecule has 0 fully saturated rings. The molecule has 1 aromatic heterocycles. The highest BCUT2D eigenvalue weighted by Crippen LogP contribution is 2.16. The summed E-state index contributed by atoms with van der Waals surface area (Å²) >= 11 is 0. The van der Waals surface area contributed by atoms with Gasteiger partial charge in [0.2, 0.25) is 0 Å². The van der Waals surface area contributed by atoms with Crippen LogP contribution in [0.5, 0.6) is 5.75 Å². The smallest absolute Gasteiger partial charge is 0.259 e. The number of hydrogen-bond donors (Lipinski definition) is 1. The number of carbonyl (C=O) groups excluding carboxylic acids is 1. The van der Waals surface area contributed by atoms with Gasteiger partial charge in [-0.25, -0.2) is 0 Å². The first-order valence-corrected chi connectivity index (χ1v) is 6.18. The van der Waals surface area contributed by atoms with Gasteiger partial charge in [-0.3, -0.25) is 9.48 Å². The molecule has 0 aliphatic rings. The summed E-state index contributed by atoms with van der Waals surface area (Å²) in [6, 6.07) is 7.60. The normalized spacial score (nSPS) is 10.3.